The Bertz CT molecular complexity index is 315. The van der Waals surface area contributed by atoms with Crippen LogP contribution in [0.25, 0.3) is 6.08 Å². The van der Waals surface area contributed by atoms with Crippen LogP contribution in [-0.4, -0.2) is 22.6 Å². The maximum atomic E-state index is 4.15. The van der Waals surface area contributed by atoms with E-state index in [0.29, 0.717) is 0 Å². The van der Waals surface area contributed by atoms with Crippen LogP contribution in [-0.2, 0) is 0 Å². The first-order chi connectivity index (χ1) is 6.84. The molecular formula is C11H15N3. The van der Waals surface area contributed by atoms with Gasteiger partial charge in [-0.15, -0.1) is 0 Å². The van der Waals surface area contributed by atoms with Gasteiger partial charge in [0.25, 0.3) is 0 Å². The molecule has 0 bridgehead atoms. The van der Waals surface area contributed by atoms with Gasteiger partial charge in [-0.2, -0.15) is 0 Å². The van der Waals surface area contributed by atoms with Crippen molar-refractivity contribution in [3.63, 3.8) is 0 Å². The SMILES string of the molecule is CC(=Cc1ccncn1)CNC1CC1. The molecular weight excluding hydrogens is 174 g/mol. The first kappa shape index (κ1) is 9.34. The van der Waals surface area contributed by atoms with Crippen LogP contribution in [0.4, 0.5) is 0 Å². The Morgan fingerprint density at radius 1 is 1.64 bits per heavy atom. The van der Waals surface area contributed by atoms with Crippen LogP contribution in [0.3, 0.4) is 0 Å². The molecule has 0 aliphatic heterocycles. The Balaban J connectivity index is 1.88. The Kier molecular flexibility index (Phi) is 2.89. The Labute approximate surface area is 84.3 Å². The van der Waals surface area contributed by atoms with E-state index < -0.39 is 0 Å². The number of nitrogens with zero attached hydrogens (tertiary/aromatic N) is 2. The van der Waals surface area contributed by atoms with E-state index in [1.165, 1.54) is 18.4 Å². The molecule has 14 heavy (non-hydrogen) atoms. The number of aromatic nitrogens is 2. The third-order valence-corrected chi connectivity index (χ3v) is 2.25. The van der Waals surface area contributed by atoms with Crippen LogP contribution >= 0.6 is 0 Å². The summed E-state index contributed by atoms with van der Waals surface area (Å²) in [5.41, 5.74) is 2.30. The van der Waals surface area contributed by atoms with Gasteiger partial charge in [-0.05, 0) is 31.9 Å². The van der Waals surface area contributed by atoms with E-state index in [2.05, 4.69) is 28.3 Å². The summed E-state index contributed by atoms with van der Waals surface area (Å²) in [5, 5.41) is 3.46. The topological polar surface area (TPSA) is 37.8 Å². The van der Waals surface area contributed by atoms with Gasteiger partial charge in [-0.1, -0.05) is 5.57 Å². The van der Waals surface area contributed by atoms with Crippen LogP contribution in [0.5, 0.6) is 0 Å². The molecule has 3 heteroatoms. The van der Waals surface area contributed by atoms with Crippen LogP contribution < -0.4 is 5.32 Å². The summed E-state index contributed by atoms with van der Waals surface area (Å²) in [7, 11) is 0. The van der Waals surface area contributed by atoms with Crippen molar-refractivity contribution in [2.45, 2.75) is 25.8 Å². The van der Waals surface area contributed by atoms with Crippen molar-refractivity contribution in [1.82, 2.24) is 15.3 Å². The molecule has 0 aromatic carbocycles. The first-order valence-electron chi connectivity index (χ1n) is 5.01. The van der Waals surface area contributed by atoms with Gasteiger partial charge in [-0.25, -0.2) is 9.97 Å². The molecule has 0 spiro atoms. The third kappa shape index (κ3) is 2.92. The average Bonchev–Trinajstić information content (AvgIpc) is 3.00. The highest BCUT2D eigenvalue weighted by atomic mass is 14.9. The fourth-order valence-electron chi connectivity index (χ4n) is 1.28. The molecule has 1 N–H and O–H groups in total. The Morgan fingerprint density at radius 2 is 2.50 bits per heavy atom. The quantitative estimate of drug-likeness (QED) is 0.782. The van der Waals surface area contributed by atoms with E-state index in [4.69, 9.17) is 0 Å². The van der Waals surface area contributed by atoms with Gasteiger partial charge in [-0.3, -0.25) is 0 Å². The maximum Gasteiger partial charge on any atom is 0.115 e. The molecule has 1 saturated carbocycles. The monoisotopic (exact) mass is 189 g/mol. The number of hydrogen-bond acceptors (Lipinski definition) is 3. The van der Waals surface area contributed by atoms with Gasteiger partial charge >= 0.3 is 0 Å². The standard InChI is InChI=1S/C11H15N3/c1-9(7-13-10-2-3-10)6-11-4-5-12-8-14-11/h4-6,8,10,13H,2-3,7H2,1H3. The largest absolute Gasteiger partial charge is 0.310 e. The lowest BCUT2D eigenvalue weighted by atomic mass is 10.2. The third-order valence-electron chi connectivity index (χ3n) is 2.25. The Hall–Kier alpha value is -1.22. The number of nitrogens with one attached hydrogen (secondary N) is 1. The van der Waals surface area contributed by atoms with E-state index in [1.807, 2.05) is 6.07 Å². The van der Waals surface area contributed by atoms with E-state index in [0.717, 1.165) is 18.3 Å². The fourth-order valence-corrected chi connectivity index (χ4v) is 1.28. The lowest BCUT2D eigenvalue weighted by molar-refractivity contribution is 0.735. The minimum absolute atomic E-state index is 0.767. The molecule has 0 saturated heterocycles. The number of rotatable bonds is 4. The molecule has 0 atom stereocenters. The van der Waals surface area contributed by atoms with E-state index in [-0.39, 0.29) is 0 Å². The van der Waals surface area contributed by atoms with Crippen molar-refractivity contribution in [1.29, 1.82) is 0 Å². The van der Waals surface area contributed by atoms with Crippen molar-refractivity contribution >= 4 is 6.08 Å². The molecule has 3 nitrogen and oxygen atoms in total. The molecule has 2 rings (SSSR count). The van der Waals surface area contributed by atoms with Crippen molar-refractivity contribution in [2.24, 2.45) is 0 Å². The van der Waals surface area contributed by atoms with Crippen LogP contribution in [0.2, 0.25) is 0 Å². The maximum absolute atomic E-state index is 4.15. The second-order valence-corrected chi connectivity index (χ2v) is 3.78. The summed E-state index contributed by atoms with van der Waals surface area (Å²) < 4.78 is 0. The lowest BCUT2D eigenvalue weighted by Crippen LogP contribution is -2.18. The van der Waals surface area contributed by atoms with Gasteiger partial charge in [0.05, 0.1) is 5.69 Å². The molecule has 0 amide bonds. The van der Waals surface area contributed by atoms with Gasteiger partial charge in [0.1, 0.15) is 6.33 Å². The molecule has 1 aliphatic rings. The molecule has 1 aromatic heterocycles. The summed E-state index contributed by atoms with van der Waals surface area (Å²) in [6, 6.07) is 2.68. The predicted molar refractivity (Wildman–Crippen MR) is 56.7 cm³/mol. The van der Waals surface area contributed by atoms with Gasteiger partial charge in [0.15, 0.2) is 0 Å². The van der Waals surface area contributed by atoms with E-state index in [9.17, 15) is 0 Å². The second-order valence-electron chi connectivity index (χ2n) is 3.78. The molecule has 0 radical (unpaired) electrons. The lowest BCUT2D eigenvalue weighted by Gasteiger charge is -2.02. The highest BCUT2D eigenvalue weighted by Gasteiger charge is 2.19. The molecule has 74 valence electrons. The Morgan fingerprint density at radius 3 is 3.14 bits per heavy atom. The normalized spacial score (nSPS) is 17.1. The zero-order chi connectivity index (χ0) is 9.80. The van der Waals surface area contributed by atoms with E-state index in [1.54, 1.807) is 12.5 Å². The summed E-state index contributed by atoms with van der Waals surface area (Å²) in [4.78, 5) is 8.03. The van der Waals surface area contributed by atoms with Crippen molar-refractivity contribution < 1.29 is 0 Å². The van der Waals surface area contributed by atoms with Crippen LogP contribution in [0, 0.1) is 0 Å². The molecule has 1 aliphatic carbocycles. The zero-order valence-electron chi connectivity index (χ0n) is 8.40. The van der Waals surface area contributed by atoms with Crippen molar-refractivity contribution in [3.05, 3.63) is 29.9 Å². The van der Waals surface area contributed by atoms with Gasteiger partial charge < -0.3 is 5.32 Å². The first-order valence-corrected chi connectivity index (χ1v) is 5.01. The van der Waals surface area contributed by atoms with E-state index >= 15 is 0 Å². The summed E-state index contributed by atoms with van der Waals surface area (Å²) in [6.07, 6.45) is 8.10. The number of hydrogen-bond donors (Lipinski definition) is 1. The highest BCUT2D eigenvalue weighted by molar-refractivity contribution is 5.47. The van der Waals surface area contributed by atoms with Crippen molar-refractivity contribution in [2.75, 3.05) is 6.54 Å². The molecule has 1 aromatic rings. The predicted octanol–water partition coefficient (Wildman–Crippen LogP) is 1.63. The van der Waals surface area contributed by atoms with Crippen LogP contribution in [0.15, 0.2) is 24.2 Å². The second kappa shape index (κ2) is 4.33. The average molecular weight is 189 g/mol. The molecule has 1 fully saturated rings. The fraction of sp³-hybridized carbons (Fsp3) is 0.455. The zero-order valence-corrected chi connectivity index (χ0v) is 8.40. The summed E-state index contributed by atoms with van der Waals surface area (Å²) in [5.74, 6) is 0. The smallest absolute Gasteiger partial charge is 0.115 e. The minimum Gasteiger partial charge on any atom is -0.310 e. The minimum atomic E-state index is 0.767. The highest BCUT2D eigenvalue weighted by Crippen LogP contribution is 2.18. The van der Waals surface area contributed by atoms with Crippen molar-refractivity contribution in [3.8, 4) is 0 Å². The molecule has 1 heterocycles. The van der Waals surface area contributed by atoms with Gasteiger partial charge in [0, 0.05) is 18.8 Å². The molecule has 0 unspecified atom stereocenters. The summed E-state index contributed by atoms with van der Waals surface area (Å²) in [6.45, 7) is 3.09. The van der Waals surface area contributed by atoms with Gasteiger partial charge in [0.2, 0.25) is 0 Å². The van der Waals surface area contributed by atoms with Crippen LogP contribution in [0.1, 0.15) is 25.5 Å². The summed E-state index contributed by atoms with van der Waals surface area (Å²) >= 11 is 0.